The van der Waals surface area contributed by atoms with Gasteiger partial charge in [0.05, 0.1) is 31.6 Å². The summed E-state index contributed by atoms with van der Waals surface area (Å²) in [5, 5.41) is 46.1. The molecule has 6 aromatic rings. The minimum absolute atomic E-state index is 0.0181. The number of benzene rings is 5. The standard InChI is InChI=1S/C93H119F3N16O21S/c1-10-11-26-72-92(129)112-46-60(115)43-74(112)87(124)105-70(47-133-51-113)85(122)107-80(53(4)5)93(130)109(7)73(40-54-20-14-12-15-21-54)86(123)101-65(31-33-131-9)90(127)111-32-34-132-48-76(111)88(125)104-68(42-58-44-98-64-25-19-18-24-61(58)64)84(121)103-67(38-56-27-29-59(114)30-28-56)83(120)102-66(35-52(2)3)82(119)106-71(81(118)99-45-77(97)116)49-134-50-78(117)100-69(39-57-36-62(94)79(96)63(95)37-57)89(126)110(8)75(91(128)108(72)6)41-55-22-16-13-17-23-55/h12-25,27-30,36-37,44,51-53,60,65-76,80,98,114-115H,10-11,26,31-35,38-43,45-50H2,1-9H3,(H2,97,116)(H,99,118)(H,100,117)(H,101,123)(H,102,120)(H,103,121)(H,104,125)(H,105,124)(H,106,119)(H,107,122)/t60-,65+,66+,67+,68+,69+,70+,71+,72+,73+,74-,75+,76-,80+/m1/s1. The number of methoxy groups -OCH3 is 1. The number of primary amides is 1. The Labute approximate surface area is 777 Å². The molecule has 3 aliphatic rings. The lowest BCUT2D eigenvalue weighted by atomic mass is 9.98. The number of unbranched alkanes of at least 4 members (excludes halogenated alkanes) is 1. The first-order chi connectivity index (χ1) is 63.9. The van der Waals surface area contributed by atoms with Crippen molar-refractivity contribution in [1.29, 1.82) is 0 Å². The Balaban J connectivity index is 1.14. The number of phenols is 1. The number of hydrogen-bond acceptors (Lipinski definition) is 22. The molecular formula is C93H119F3N16O21S. The molecule has 3 fully saturated rings. The van der Waals surface area contributed by atoms with E-state index in [0.717, 1.165) is 24.5 Å². The van der Waals surface area contributed by atoms with E-state index < -0.39 is 253 Å². The van der Waals surface area contributed by atoms with Gasteiger partial charge in [-0.1, -0.05) is 138 Å². The molecule has 15 amide bonds. The molecule has 1 aromatic heterocycles. The monoisotopic (exact) mass is 1880 g/mol. The smallest absolute Gasteiger partial charge is 0.293 e. The third kappa shape index (κ3) is 29.0. The second kappa shape index (κ2) is 50.2. The Morgan fingerprint density at radius 1 is 0.590 bits per heavy atom. The predicted octanol–water partition coefficient (Wildman–Crippen LogP) is 0.803. The highest BCUT2D eigenvalue weighted by Gasteiger charge is 2.48. The zero-order valence-electron chi connectivity index (χ0n) is 76.1. The highest BCUT2D eigenvalue weighted by Crippen LogP contribution is 2.28. The Hall–Kier alpha value is -13.0. The molecule has 9 rings (SSSR count). The van der Waals surface area contributed by atoms with E-state index >= 15 is 56.7 Å². The van der Waals surface area contributed by atoms with E-state index in [1.54, 1.807) is 126 Å². The van der Waals surface area contributed by atoms with Gasteiger partial charge in [0, 0.05) is 109 Å². The van der Waals surface area contributed by atoms with E-state index in [-0.39, 0.29) is 88.9 Å². The third-order valence-corrected chi connectivity index (χ3v) is 24.5. The van der Waals surface area contributed by atoms with Crippen LogP contribution in [0, 0.1) is 29.3 Å². The summed E-state index contributed by atoms with van der Waals surface area (Å²) in [6.07, 6.45) is -2.04. The number of morpholine rings is 1. The van der Waals surface area contributed by atoms with Crippen LogP contribution in [-0.2, 0) is 123 Å². The molecule has 0 spiro atoms. The van der Waals surface area contributed by atoms with E-state index in [2.05, 4.69) is 52.8 Å². The van der Waals surface area contributed by atoms with Crippen LogP contribution in [0.15, 0.2) is 128 Å². The van der Waals surface area contributed by atoms with Gasteiger partial charge in [0.1, 0.15) is 90.9 Å². The number of carbonyl (C=O) groups excluding carboxylic acids is 16. The molecule has 0 bridgehead atoms. The van der Waals surface area contributed by atoms with Crippen molar-refractivity contribution in [3.63, 3.8) is 0 Å². The topological polar surface area (TPSA) is 508 Å². The van der Waals surface area contributed by atoms with Crippen molar-refractivity contribution >= 4 is 118 Å². The van der Waals surface area contributed by atoms with Crippen molar-refractivity contribution in [1.82, 2.24) is 77.3 Å². The van der Waals surface area contributed by atoms with Gasteiger partial charge in [-0.3, -0.25) is 76.7 Å². The number of para-hydroxylation sites is 1. The Morgan fingerprint density at radius 3 is 1.78 bits per heavy atom. The number of ether oxygens (including phenoxy) is 3. The highest BCUT2D eigenvalue weighted by atomic mass is 32.2. The maximum Gasteiger partial charge on any atom is 0.293 e. The molecule has 41 heteroatoms. The molecule has 3 aliphatic heterocycles. The summed E-state index contributed by atoms with van der Waals surface area (Å²) in [6, 6.07) is 9.11. The first-order valence-electron chi connectivity index (χ1n) is 44.2. The summed E-state index contributed by atoms with van der Waals surface area (Å²) in [5.74, 6) is -22.7. The fourth-order valence-corrected chi connectivity index (χ4v) is 17.0. The van der Waals surface area contributed by atoms with Gasteiger partial charge in [-0.15, -0.1) is 11.8 Å². The van der Waals surface area contributed by atoms with Crippen LogP contribution in [0.5, 0.6) is 5.75 Å². The van der Waals surface area contributed by atoms with Gasteiger partial charge in [-0.2, -0.15) is 0 Å². The first-order valence-corrected chi connectivity index (χ1v) is 45.4. The normalized spacial score (nSPS) is 24.1. The number of aromatic nitrogens is 1. The average Bonchev–Trinajstić information content (AvgIpc) is 1.46. The number of thioether (sulfide) groups is 1. The Kier molecular flexibility index (Phi) is 39.2. The molecule has 0 radical (unpaired) electrons. The molecule has 37 nitrogen and oxygen atoms in total. The van der Waals surface area contributed by atoms with Crippen LogP contribution in [-0.4, -0.2) is 305 Å². The molecule has 3 saturated heterocycles. The van der Waals surface area contributed by atoms with Crippen LogP contribution in [0.4, 0.5) is 13.2 Å². The van der Waals surface area contributed by atoms with Crippen molar-refractivity contribution in [3.8, 4) is 5.75 Å². The zero-order valence-corrected chi connectivity index (χ0v) is 76.9. The minimum atomic E-state index is -1.89. The van der Waals surface area contributed by atoms with Crippen LogP contribution >= 0.6 is 11.8 Å². The van der Waals surface area contributed by atoms with E-state index in [9.17, 15) is 43.4 Å². The third-order valence-electron chi connectivity index (χ3n) is 23.5. The maximum atomic E-state index is 15.7. The fourth-order valence-electron chi connectivity index (χ4n) is 16.2. The van der Waals surface area contributed by atoms with Crippen LogP contribution in [0.3, 0.4) is 0 Å². The van der Waals surface area contributed by atoms with Crippen molar-refractivity contribution < 1.29 is 114 Å². The Bertz CT molecular complexity index is 5120. The summed E-state index contributed by atoms with van der Waals surface area (Å²) in [4.78, 5) is 246. The summed E-state index contributed by atoms with van der Waals surface area (Å²) in [5.41, 5.74) is 7.50. The van der Waals surface area contributed by atoms with Crippen LogP contribution < -0.4 is 53.6 Å². The van der Waals surface area contributed by atoms with E-state index in [1.807, 2.05) is 0 Å². The molecule has 0 aliphatic carbocycles. The van der Waals surface area contributed by atoms with Crippen LogP contribution in [0.2, 0.25) is 0 Å². The van der Waals surface area contributed by atoms with Gasteiger partial charge in [0.15, 0.2) is 17.5 Å². The van der Waals surface area contributed by atoms with E-state index in [4.69, 9.17) is 19.9 Å². The first kappa shape index (κ1) is 105. The second-order valence-electron chi connectivity index (χ2n) is 34.2. The zero-order chi connectivity index (χ0) is 97.7. The summed E-state index contributed by atoms with van der Waals surface area (Å²) >= 11 is 0.667. The number of aromatic hydroxyl groups is 1. The predicted molar refractivity (Wildman–Crippen MR) is 484 cm³/mol. The second-order valence-corrected chi connectivity index (χ2v) is 35.2. The molecule has 724 valence electrons. The number of hydrogen-bond donors (Lipinski definition) is 13. The van der Waals surface area contributed by atoms with Crippen molar-refractivity contribution in [2.75, 3.05) is 85.8 Å². The van der Waals surface area contributed by atoms with Gasteiger partial charge >= 0.3 is 0 Å². The number of carbonyl (C=O) groups is 16. The molecular weight excluding hydrogens is 1770 g/mol. The number of aromatic amines is 1. The maximum absolute atomic E-state index is 15.7. The van der Waals surface area contributed by atoms with Gasteiger partial charge in [0.2, 0.25) is 88.6 Å². The minimum Gasteiger partial charge on any atom is -0.508 e. The average molecular weight is 1890 g/mol. The SMILES string of the molecule is CCCC[C@H]1C(=O)N2C[C@H](O)C[C@@H]2C(=O)N[C@@H](COC=O)C(=O)N[C@@H](C(C)C)C(=O)N(C)[C@@H](Cc2ccccc2)C(=O)N[C@@H](CCOC)C(=O)N2CCOC[C@@H]2C(=O)N[C@@H](Cc2c[nH]c3ccccc23)C(=O)N[C@@H](Cc2ccc(O)cc2)C(=O)N[C@@H](CC(C)C)C(=O)N[C@H](C(=O)NCC(N)=O)CSCC(=O)N[C@@H](Cc2cc(F)c(F)c(F)c2)C(=O)N(C)[C@@H](Cc2ccccc2)C(=O)N1C. The van der Waals surface area contributed by atoms with Crippen molar-refractivity contribution in [2.24, 2.45) is 17.6 Å². The van der Waals surface area contributed by atoms with Gasteiger partial charge in [-0.05, 0) is 89.2 Å². The number of aliphatic hydroxyl groups is 1. The number of H-pyrrole nitrogens is 1. The lowest BCUT2D eigenvalue weighted by Crippen LogP contribution is -2.64. The van der Waals surface area contributed by atoms with Crippen LogP contribution in [0.1, 0.15) is 101 Å². The summed E-state index contributed by atoms with van der Waals surface area (Å²) in [7, 11) is 5.06. The summed E-state index contributed by atoms with van der Waals surface area (Å²) in [6.45, 7) is 5.10. The molecule has 14 atom stereocenters. The molecule has 0 saturated carbocycles. The van der Waals surface area contributed by atoms with E-state index in [0.29, 0.717) is 63.5 Å². The number of likely N-dealkylation sites (N-methyl/N-ethyl adjacent to an activating group) is 3. The van der Waals surface area contributed by atoms with Crippen LogP contribution in [0.25, 0.3) is 10.9 Å². The number of aliphatic hydroxyl groups excluding tert-OH is 1. The number of rotatable bonds is 25. The summed E-state index contributed by atoms with van der Waals surface area (Å²) < 4.78 is 61.5. The number of fused-ring (bicyclic) bond motifs is 3. The number of halogens is 3. The lowest BCUT2D eigenvalue weighted by molar-refractivity contribution is -0.152. The van der Waals surface area contributed by atoms with Gasteiger partial charge < -0.3 is 107 Å². The molecule has 14 N–H and O–H groups in total. The number of nitrogens with zero attached hydrogens (tertiary/aromatic N) is 5. The molecule has 5 aromatic carbocycles. The molecule has 0 unspecified atom stereocenters. The van der Waals surface area contributed by atoms with Gasteiger partial charge in [-0.25, -0.2) is 13.2 Å². The van der Waals surface area contributed by atoms with Gasteiger partial charge in [0.25, 0.3) is 6.47 Å². The lowest BCUT2D eigenvalue weighted by Gasteiger charge is -2.38. The van der Waals surface area contributed by atoms with Crippen molar-refractivity contribution in [2.45, 2.75) is 190 Å². The quantitative estimate of drug-likeness (QED) is 0.0278. The number of phenolic OH excluding ortho intramolecular Hbond substituents is 1. The largest absolute Gasteiger partial charge is 0.508 e. The highest BCUT2D eigenvalue weighted by molar-refractivity contribution is 8.00. The number of amides is 15. The number of nitrogens with two attached hydrogens (primary N) is 1. The molecule has 134 heavy (non-hydrogen) atoms. The van der Waals surface area contributed by atoms with E-state index in [1.165, 1.54) is 52.5 Å². The van der Waals surface area contributed by atoms with Crippen molar-refractivity contribution in [3.05, 3.63) is 173 Å². The number of nitrogens with one attached hydrogen (secondary N) is 10. The fraction of sp³-hybridized carbons (Fsp3) is 0.484. The molecule has 4 heterocycles. The Morgan fingerprint density at radius 2 is 1.15 bits per heavy atom.